The molecular weight excluding hydrogens is 505 g/mol. The molecule has 0 atom stereocenters. The first kappa shape index (κ1) is 26.6. The van der Waals surface area contributed by atoms with Crippen LogP contribution in [0.3, 0.4) is 0 Å². The number of sulfonamides is 2. The monoisotopic (exact) mass is 537 g/mol. The Kier molecular flexibility index (Phi) is 6.95. The van der Waals surface area contributed by atoms with Crippen LogP contribution in [0.2, 0.25) is 0 Å². The lowest BCUT2D eigenvalue weighted by molar-refractivity contribution is 0.0982. The van der Waals surface area contributed by atoms with Crippen LogP contribution in [0.15, 0.2) is 47.4 Å². The molecule has 0 radical (unpaired) electrons. The van der Waals surface area contributed by atoms with E-state index in [-0.39, 0.29) is 21.8 Å². The second-order valence-corrected chi connectivity index (χ2v) is 13.9. The fourth-order valence-corrected chi connectivity index (χ4v) is 7.18. The highest BCUT2D eigenvalue weighted by molar-refractivity contribution is 7.92. The minimum absolute atomic E-state index is 0.116. The molecule has 2 N–H and O–H groups in total. The van der Waals surface area contributed by atoms with Gasteiger partial charge in [0.2, 0.25) is 20.0 Å². The van der Waals surface area contributed by atoms with Crippen molar-refractivity contribution in [3.05, 3.63) is 53.6 Å². The quantitative estimate of drug-likeness (QED) is 0.556. The van der Waals surface area contributed by atoms with Crippen LogP contribution in [0.4, 0.5) is 15.8 Å². The summed E-state index contributed by atoms with van der Waals surface area (Å²) in [7, 11) is -7.51. The van der Waals surface area contributed by atoms with Gasteiger partial charge in [-0.3, -0.25) is 9.52 Å². The number of hydrogen-bond acceptors (Lipinski definition) is 5. The Bertz CT molecular complexity index is 1380. The Morgan fingerprint density at radius 2 is 1.75 bits per heavy atom. The van der Waals surface area contributed by atoms with Crippen molar-refractivity contribution < 1.29 is 26.0 Å². The smallest absolute Gasteiger partial charge is 0.258 e. The first-order chi connectivity index (χ1) is 16.8. The molecule has 1 amide bonds. The largest absolute Gasteiger partial charge is 0.307 e. The molecule has 1 aliphatic carbocycles. The molecule has 1 fully saturated rings. The molecule has 2 aromatic carbocycles. The van der Waals surface area contributed by atoms with Crippen LogP contribution in [0.5, 0.6) is 0 Å². The molecule has 196 valence electrons. The summed E-state index contributed by atoms with van der Waals surface area (Å²) < 4.78 is 67.4. The number of alkyl halides is 1. The Balaban J connectivity index is 1.71. The zero-order valence-electron chi connectivity index (χ0n) is 20.7. The molecule has 0 bridgehead atoms. The first-order valence-corrected chi connectivity index (χ1v) is 15.3. The topological polar surface area (TPSA) is 113 Å². The van der Waals surface area contributed by atoms with Gasteiger partial charge in [-0.15, -0.1) is 0 Å². The van der Waals surface area contributed by atoms with E-state index in [0.29, 0.717) is 17.9 Å². The van der Waals surface area contributed by atoms with E-state index < -0.39 is 32.3 Å². The fourth-order valence-electron chi connectivity index (χ4n) is 5.19. The number of rotatable bonds is 7. The van der Waals surface area contributed by atoms with Crippen LogP contribution in [-0.4, -0.2) is 47.8 Å². The van der Waals surface area contributed by atoms with Crippen molar-refractivity contribution in [2.75, 3.05) is 29.1 Å². The third-order valence-electron chi connectivity index (χ3n) is 6.81. The van der Waals surface area contributed by atoms with Crippen molar-refractivity contribution in [1.29, 1.82) is 0 Å². The lowest BCUT2D eigenvalue weighted by Crippen LogP contribution is -2.45. The standard InChI is InChI=1S/C25H32FN3O5S2/c1-24(2,16-26)28-36(33,34)20-9-7-8-18(14-20)23(30)29-17-25(12-5-4-6-13-25)21-15-19(10-11-22(21)29)27-35(3,31)32/h7-11,14-15,27-28H,4-6,12-13,16-17H2,1-3H3. The van der Waals surface area contributed by atoms with Crippen molar-refractivity contribution in [3.63, 3.8) is 0 Å². The molecule has 1 saturated carbocycles. The van der Waals surface area contributed by atoms with Crippen molar-refractivity contribution in [2.45, 2.75) is 61.8 Å². The van der Waals surface area contributed by atoms with Gasteiger partial charge < -0.3 is 4.90 Å². The van der Waals surface area contributed by atoms with Crippen LogP contribution >= 0.6 is 0 Å². The molecule has 8 nitrogen and oxygen atoms in total. The van der Waals surface area contributed by atoms with Gasteiger partial charge in [-0.25, -0.2) is 25.9 Å². The number of benzene rings is 2. The number of fused-ring (bicyclic) bond motifs is 2. The second kappa shape index (κ2) is 9.42. The maximum Gasteiger partial charge on any atom is 0.258 e. The van der Waals surface area contributed by atoms with E-state index in [0.717, 1.165) is 43.9 Å². The first-order valence-electron chi connectivity index (χ1n) is 11.9. The van der Waals surface area contributed by atoms with E-state index in [1.807, 2.05) is 6.07 Å². The molecule has 0 saturated heterocycles. The Morgan fingerprint density at radius 3 is 2.39 bits per heavy atom. The minimum atomic E-state index is -4.05. The van der Waals surface area contributed by atoms with E-state index in [2.05, 4.69) is 9.44 Å². The number of halogens is 1. The molecule has 11 heteroatoms. The third kappa shape index (κ3) is 5.42. The second-order valence-electron chi connectivity index (χ2n) is 10.5. The van der Waals surface area contributed by atoms with Crippen LogP contribution in [0.1, 0.15) is 61.9 Å². The Hall–Kier alpha value is -2.50. The SMILES string of the molecule is CC(C)(CF)NS(=O)(=O)c1cccc(C(=O)N2CC3(CCCCC3)c3cc(NS(C)(=O)=O)ccc32)c1. The van der Waals surface area contributed by atoms with Gasteiger partial charge in [0.1, 0.15) is 6.67 Å². The van der Waals surface area contributed by atoms with Gasteiger partial charge in [0.25, 0.3) is 5.91 Å². The number of nitrogens with one attached hydrogen (secondary N) is 2. The molecule has 36 heavy (non-hydrogen) atoms. The van der Waals surface area contributed by atoms with Gasteiger partial charge in [0, 0.05) is 28.9 Å². The Morgan fingerprint density at radius 1 is 1.06 bits per heavy atom. The maximum absolute atomic E-state index is 13.7. The normalized spacial score (nSPS) is 17.7. The predicted octanol–water partition coefficient (Wildman–Crippen LogP) is 3.95. The highest BCUT2D eigenvalue weighted by Crippen LogP contribution is 2.50. The van der Waals surface area contributed by atoms with Crippen LogP contribution < -0.4 is 14.3 Å². The molecule has 1 aliphatic heterocycles. The number of carbonyl (C=O) groups is 1. The van der Waals surface area contributed by atoms with Crippen molar-refractivity contribution in [2.24, 2.45) is 0 Å². The van der Waals surface area contributed by atoms with Crippen LogP contribution in [-0.2, 0) is 25.5 Å². The summed E-state index contributed by atoms with van der Waals surface area (Å²) in [5.74, 6) is -0.343. The van der Waals surface area contributed by atoms with Gasteiger partial charge in [-0.1, -0.05) is 25.3 Å². The summed E-state index contributed by atoms with van der Waals surface area (Å²) in [6, 6.07) is 10.9. The molecular formula is C25H32FN3O5S2. The summed E-state index contributed by atoms with van der Waals surface area (Å²) >= 11 is 0. The lowest BCUT2D eigenvalue weighted by Gasteiger charge is -2.34. The zero-order valence-corrected chi connectivity index (χ0v) is 22.3. The predicted molar refractivity (Wildman–Crippen MR) is 138 cm³/mol. The number of carbonyl (C=O) groups excluding carboxylic acids is 1. The highest BCUT2D eigenvalue weighted by Gasteiger charge is 2.45. The fraction of sp³-hybridized carbons (Fsp3) is 0.480. The van der Waals surface area contributed by atoms with Crippen molar-refractivity contribution >= 4 is 37.3 Å². The molecule has 0 unspecified atom stereocenters. The van der Waals surface area contributed by atoms with Gasteiger partial charge in [-0.2, -0.15) is 0 Å². The van der Waals surface area contributed by atoms with Crippen molar-refractivity contribution in [1.82, 2.24) is 4.72 Å². The molecule has 0 aromatic heterocycles. The molecule has 2 aliphatic rings. The summed E-state index contributed by atoms with van der Waals surface area (Å²) in [4.78, 5) is 15.3. The Labute approximate surface area is 212 Å². The van der Waals surface area contributed by atoms with E-state index in [1.54, 1.807) is 23.1 Å². The third-order valence-corrected chi connectivity index (χ3v) is 9.12. The van der Waals surface area contributed by atoms with E-state index in [9.17, 15) is 26.0 Å². The van der Waals surface area contributed by atoms with E-state index >= 15 is 0 Å². The van der Waals surface area contributed by atoms with Gasteiger partial charge >= 0.3 is 0 Å². The molecule has 1 spiro atoms. The number of amides is 1. The van der Waals surface area contributed by atoms with E-state index in [1.165, 1.54) is 32.0 Å². The number of hydrogen-bond donors (Lipinski definition) is 2. The number of anilines is 2. The summed E-state index contributed by atoms with van der Waals surface area (Å²) in [5.41, 5.74) is 0.718. The van der Waals surface area contributed by atoms with Gasteiger partial charge in [-0.05, 0) is 68.7 Å². The van der Waals surface area contributed by atoms with Gasteiger partial charge in [0.15, 0.2) is 0 Å². The molecule has 2 aromatic rings. The van der Waals surface area contributed by atoms with Crippen LogP contribution in [0, 0.1) is 0 Å². The van der Waals surface area contributed by atoms with Gasteiger partial charge in [0.05, 0.1) is 16.7 Å². The number of nitrogens with zero attached hydrogens (tertiary/aromatic N) is 1. The summed E-state index contributed by atoms with van der Waals surface area (Å²) in [6.07, 6.45) is 5.97. The van der Waals surface area contributed by atoms with Crippen molar-refractivity contribution in [3.8, 4) is 0 Å². The maximum atomic E-state index is 13.7. The summed E-state index contributed by atoms with van der Waals surface area (Å²) in [5, 5.41) is 0. The molecule has 4 rings (SSSR count). The summed E-state index contributed by atoms with van der Waals surface area (Å²) in [6.45, 7) is 2.44. The van der Waals surface area contributed by atoms with Crippen LogP contribution in [0.25, 0.3) is 0 Å². The van der Waals surface area contributed by atoms with E-state index in [4.69, 9.17) is 0 Å². The highest BCUT2D eigenvalue weighted by atomic mass is 32.2. The average molecular weight is 538 g/mol. The molecule has 1 heterocycles. The zero-order chi connectivity index (χ0) is 26.4. The average Bonchev–Trinajstić information content (AvgIpc) is 3.10. The minimum Gasteiger partial charge on any atom is -0.307 e. The lowest BCUT2D eigenvalue weighted by atomic mass is 9.70.